The summed E-state index contributed by atoms with van der Waals surface area (Å²) in [6.45, 7) is 5.78. The quantitative estimate of drug-likeness (QED) is 0.672. The summed E-state index contributed by atoms with van der Waals surface area (Å²) >= 11 is 3.34. The van der Waals surface area contributed by atoms with E-state index in [1.165, 1.54) is 0 Å². The van der Waals surface area contributed by atoms with Gasteiger partial charge in [0.25, 0.3) is 11.8 Å². The summed E-state index contributed by atoms with van der Waals surface area (Å²) in [6, 6.07) is 7.40. The molecule has 0 fully saturated rings. The molecule has 1 atom stereocenters. The molecule has 20 heavy (non-hydrogen) atoms. The fourth-order valence-electron chi connectivity index (χ4n) is 1.76. The van der Waals surface area contributed by atoms with Crippen LogP contribution in [0.25, 0.3) is 0 Å². The second-order valence-electron chi connectivity index (χ2n) is 4.47. The SMILES string of the molecule is CCNC(=O)C[NH+](CC)CC(=O)Nc1ccc(Br)cc1. The van der Waals surface area contributed by atoms with Crippen LogP contribution in [0.3, 0.4) is 0 Å². The summed E-state index contributed by atoms with van der Waals surface area (Å²) in [5, 5.41) is 5.57. The number of quaternary nitrogens is 1. The zero-order chi connectivity index (χ0) is 15.0. The summed E-state index contributed by atoms with van der Waals surface area (Å²) in [7, 11) is 0. The molecule has 110 valence electrons. The Balaban J connectivity index is 2.46. The highest BCUT2D eigenvalue weighted by Crippen LogP contribution is 2.13. The van der Waals surface area contributed by atoms with E-state index in [1.54, 1.807) is 0 Å². The van der Waals surface area contributed by atoms with Gasteiger partial charge in [0.05, 0.1) is 6.54 Å². The smallest absolute Gasteiger partial charge is 0.279 e. The average molecular weight is 343 g/mol. The van der Waals surface area contributed by atoms with E-state index in [2.05, 4.69) is 26.6 Å². The molecule has 0 saturated carbocycles. The zero-order valence-electron chi connectivity index (χ0n) is 11.8. The van der Waals surface area contributed by atoms with Crippen LogP contribution in [-0.2, 0) is 9.59 Å². The van der Waals surface area contributed by atoms with Crippen molar-refractivity contribution in [2.75, 3.05) is 31.5 Å². The van der Waals surface area contributed by atoms with E-state index in [0.717, 1.165) is 21.6 Å². The minimum Gasteiger partial charge on any atom is -0.351 e. The van der Waals surface area contributed by atoms with Crippen molar-refractivity contribution in [1.82, 2.24) is 5.32 Å². The lowest BCUT2D eigenvalue weighted by Crippen LogP contribution is -3.14. The molecule has 0 aliphatic rings. The zero-order valence-corrected chi connectivity index (χ0v) is 13.4. The number of nitrogens with one attached hydrogen (secondary N) is 3. The van der Waals surface area contributed by atoms with Gasteiger partial charge in [-0.3, -0.25) is 9.59 Å². The standard InChI is InChI=1S/C14H20BrN3O2/c1-3-16-13(19)9-18(4-2)10-14(20)17-12-7-5-11(15)6-8-12/h5-8H,3-4,9-10H2,1-2H3,(H,16,19)(H,17,20)/p+1. The van der Waals surface area contributed by atoms with Crippen LogP contribution < -0.4 is 15.5 Å². The number of carbonyl (C=O) groups excluding carboxylic acids is 2. The van der Waals surface area contributed by atoms with Crippen molar-refractivity contribution in [3.8, 4) is 0 Å². The molecule has 0 aromatic heterocycles. The van der Waals surface area contributed by atoms with Crippen LogP contribution in [0.1, 0.15) is 13.8 Å². The van der Waals surface area contributed by atoms with Gasteiger partial charge in [-0.25, -0.2) is 0 Å². The first-order chi connectivity index (χ1) is 9.55. The van der Waals surface area contributed by atoms with Crippen molar-refractivity contribution < 1.29 is 14.5 Å². The van der Waals surface area contributed by atoms with Gasteiger partial charge >= 0.3 is 0 Å². The van der Waals surface area contributed by atoms with E-state index in [9.17, 15) is 9.59 Å². The Morgan fingerprint density at radius 3 is 2.25 bits per heavy atom. The highest BCUT2D eigenvalue weighted by atomic mass is 79.9. The van der Waals surface area contributed by atoms with Gasteiger partial charge < -0.3 is 15.5 Å². The van der Waals surface area contributed by atoms with Gasteiger partial charge in [-0.15, -0.1) is 0 Å². The van der Waals surface area contributed by atoms with Gasteiger partial charge in [0.1, 0.15) is 0 Å². The molecule has 0 radical (unpaired) electrons. The molecule has 0 aliphatic carbocycles. The third kappa shape index (κ3) is 6.16. The number of rotatable bonds is 7. The van der Waals surface area contributed by atoms with Crippen LogP contribution >= 0.6 is 15.9 Å². The second-order valence-corrected chi connectivity index (χ2v) is 5.38. The maximum absolute atomic E-state index is 11.9. The average Bonchev–Trinajstić information content (AvgIpc) is 2.41. The molecule has 0 heterocycles. The Hall–Kier alpha value is -1.40. The van der Waals surface area contributed by atoms with E-state index in [0.29, 0.717) is 13.1 Å². The number of anilines is 1. The van der Waals surface area contributed by atoms with E-state index >= 15 is 0 Å². The van der Waals surface area contributed by atoms with Crippen LogP contribution in [-0.4, -0.2) is 38.0 Å². The highest BCUT2D eigenvalue weighted by molar-refractivity contribution is 9.10. The van der Waals surface area contributed by atoms with Crippen molar-refractivity contribution in [3.63, 3.8) is 0 Å². The molecule has 1 rings (SSSR count). The number of carbonyl (C=O) groups is 2. The molecule has 0 spiro atoms. The van der Waals surface area contributed by atoms with Crippen molar-refractivity contribution >= 4 is 33.4 Å². The summed E-state index contributed by atoms with van der Waals surface area (Å²) in [4.78, 5) is 24.4. The topological polar surface area (TPSA) is 62.6 Å². The van der Waals surface area contributed by atoms with Crippen LogP contribution in [0.2, 0.25) is 0 Å². The first kappa shape index (κ1) is 16.7. The van der Waals surface area contributed by atoms with Gasteiger partial charge in [-0.2, -0.15) is 0 Å². The minimum atomic E-state index is -0.0894. The minimum absolute atomic E-state index is 0.0270. The van der Waals surface area contributed by atoms with Crippen LogP contribution in [0.5, 0.6) is 0 Å². The molecular formula is C14H21BrN3O2+. The van der Waals surface area contributed by atoms with E-state index in [-0.39, 0.29) is 18.4 Å². The Labute approximate surface area is 127 Å². The highest BCUT2D eigenvalue weighted by Gasteiger charge is 2.16. The molecule has 0 aliphatic heterocycles. The summed E-state index contributed by atoms with van der Waals surface area (Å²) in [5.74, 6) is -0.116. The molecule has 6 heteroatoms. The molecule has 5 nitrogen and oxygen atoms in total. The van der Waals surface area contributed by atoms with Crippen molar-refractivity contribution in [2.45, 2.75) is 13.8 Å². The summed E-state index contributed by atoms with van der Waals surface area (Å²) in [5.41, 5.74) is 0.756. The lowest BCUT2D eigenvalue weighted by molar-refractivity contribution is -0.881. The van der Waals surface area contributed by atoms with Crippen molar-refractivity contribution in [1.29, 1.82) is 0 Å². The van der Waals surface area contributed by atoms with Crippen molar-refractivity contribution in [2.24, 2.45) is 0 Å². The van der Waals surface area contributed by atoms with Gasteiger partial charge in [-0.1, -0.05) is 15.9 Å². The number of hydrogen-bond acceptors (Lipinski definition) is 2. The summed E-state index contributed by atoms with van der Waals surface area (Å²) in [6.07, 6.45) is 0. The molecule has 1 aromatic rings. The predicted molar refractivity (Wildman–Crippen MR) is 82.7 cm³/mol. The monoisotopic (exact) mass is 342 g/mol. The molecule has 0 saturated heterocycles. The number of halogens is 1. The molecular weight excluding hydrogens is 322 g/mol. The lowest BCUT2D eigenvalue weighted by atomic mass is 10.3. The number of hydrogen-bond donors (Lipinski definition) is 3. The molecule has 3 N–H and O–H groups in total. The largest absolute Gasteiger partial charge is 0.351 e. The molecule has 1 aromatic carbocycles. The van der Waals surface area contributed by atoms with Crippen LogP contribution in [0.4, 0.5) is 5.69 Å². The van der Waals surface area contributed by atoms with E-state index in [4.69, 9.17) is 0 Å². The predicted octanol–water partition coefficient (Wildman–Crippen LogP) is 0.429. The fraction of sp³-hybridized carbons (Fsp3) is 0.429. The normalized spacial score (nSPS) is 11.8. The van der Waals surface area contributed by atoms with Gasteiger partial charge in [0.2, 0.25) is 0 Å². The van der Waals surface area contributed by atoms with Crippen LogP contribution in [0.15, 0.2) is 28.7 Å². The maximum atomic E-state index is 11.9. The van der Waals surface area contributed by atoms with Gasteiger partial charge in [0, 0.05) is 16.7 Å². The Bertz CT molecular complexity index is 448. The number of amides is 2. The first-order valence-corrected chi connectivity index (χ1v) is 7.50. The van der Waals surface area contributed by atoms with Gasteiger partial charge in [0.15, 0.2) is 13.1 Å². The van der Waals surface area contributed by atoms with Gasteiger partial charge in [-0.05, 0) is 38.1 Å². The Morgan fingerprint density at radius 2 is 1.70 bits per heavy atom. The van der Waals surface area contributed by atoms with E-state index < -0.39 is 0 Å². The second kappa shape index (κ2) is 8.71. The third-order valence-corrected chi connectivity index (χ3v) is 3.35. The molecule has 0 bridgehead atoms. The third-order valence-electron chi connectivity index (χ3n) is 2.82. The first-order valence-electron chi connectivity index (χ1n) is 6.70. The Morgan fingerprint density at radius 1 is 1.10 bits per heavy atom. The molecule has 2 amide bonds. The lowest BCUT2D eigenvalue weighted by Gasteiger charge is -2.16. The fourth-order valence-corrected chi connectivity index (χ4v) is 2.03. The number of benzene rings is 1. The van der Waals surface area contributed by atoms with Crippen LogP contribution in [0, 0.1) is 0 Å². The van der Waals surface area contributed by atoms with E-state index in [1.807, 2.05) is 38.1 Å². The van der Waals surface area contributed by atoms with Crippen molar-refractivity contribution in [3.05, 3.63) is 28.7 Å². The summed E-state index contributed by atoms with van der Waals surface area (Å²) < 4.78 is 0.965. The Kier molecular flexibility index (Phi) is 7.25. The number of likely N-dealkylation sites (N-methyl/N-ethyl adjacent to an activating group) is 2. The maximum Gasteiger partial charge on any atom is 0.279 e. The molecule has 1 unspecified atom stereocenters.